The Balaban J connectivity index is 1.63. The normalized spacial score (nSPS) is 11.2. The van der Waals surface area contributed by atoms with Gasteiger partial charge >= 0.3 is 6.61 Å². The molecule has 0 aliphatic carbocycles. The zero-order valence-electron chi connectivity index (χ0n) is 18.1. The summed E-state index contributed by atoms with van der Waals surface area (Å²) in [5, 5.41) is 7.27. The number of halogens is 2. The van der Waals surface area contributed by atoms with Gasteiger partial charge in [0.15, 0.2) is 11.5 Å². The van der Waals surface area contributed by atoms with Crippen LogP contribution in [0.2, 0.25) is 0 Å². The van der Waals surface area contributed by atoms with Crippen molar-refractivity contribution in [1.29, 1.82) is 0 Å². The van der Waals surface area contributed by atoms with E-state index in [0.29, 0.717) is 18.7 Å². The van der Waals surface area contributed by atoms with E-state index in [1.165, 1.54) is 25.3 Å². The van der Waals surface area contributed by atoms with Crippen LogP contribution in [0.15, 0.2) is 54.6 Å². The van der Waals surface area contributed by atoms with Crippen molar-refractivity contribution in [3.05, 3.63) is 82.7 Å². The van der Waals surface area contributed by atoms with Crippen LogP contribution in [0.25, 0.3) is 6.08 Å². The van der Waals surface area contributed by atoms with Gasteiger partial charge in [0, 0.05) is 23.9 Å². The fraction of sp³-hybridized carbons (Fsp3) is 0.250. The zero-order valence-corrected chi connectivity index (χ0v) is 18.1. The topological polar surface area (TPSA) is 65.4 Å². The number of aromatic nitrogens is 2. The summed E-state index contributed by atoms with van der Waals surface area (Å²) in [6.07, 6.45) is 2.68. The highest BCUT2D eigenvalue weighted by atomic mass is 19.3. The molecule has 1 N–H and O–H groups in total. The second-order valence-electron chi connectivity index (χ2n) is 7.21. The Kier molecular flexibility index (Phi) is 7.59. The van der Waals surface area contributed by atoms with Gasteiger partial charge in [0.1, 0.15) is 0 Å². The van der Waals surface area contributed by atoms with Crippen molar-refractivity contribution in [1.82, 2.24) is 15.1 Å². The molecule has 168 valence electrons. The van der Waals surface area contributed by atoms with Crippen LogP contribution in [-0.2, 0) is 17.9 Å². The minimum absolute atomic E-state index is 0.120. The summed E-state index contributed by atoms with van der Waals surface area (Å²) in [6.45, 7) is 1.93. The summed E-state index contributed by atoms with van der Waals surface area (Å²) in [4.78, 5) is 12.3. The van der Waals surface area contributed by atoms with Gasteiger partial charge in [0.05, 0.1) is 19.3 Å². The highest BCUT2D eigenvalue weighted by molar-refractivity contribution is 5.92. The van der Waals surface area contributed by atoms with Gasteiger partial charge in [-0.1, -0.05) is 36.4 Å². The fourth-order valence-corrected chi connectivity index (χ4v) is 3.30. The monoisotopic (exact) mass is 441 g/mol. The summed E-state index contributed by atoms with van der Waals surface area (Å²) < 4.78 is 37.0. The van der Waals surface area contributed by atoms with E-state index in [1.807, 2.05) is 48.9 Å². The molecule has 0 saturated heterocycles. The molecule has 0 fully saturated rings. The molecule has 2 aromatic carbocycles. The van der Waals surface area contributed by atoms with E-state index < -0.39 is 6.61 Å². The van der Waals surface area contributed by atoms with Crippen LogP contribution in [0.1, 0.15) is 28.1 Å². The Hall–Kier alpha value is -3.68. The number of carbonyl (C=O) groups excluding carboxylic acids is 1. The molecule has 0 atom stereocenters. The minimum Gasteiger partial charge on any atom is -0.493 e. The van der Waals surface area contributed by atoms with Gasteiger partial charge in [-0.3, -0.25) is 9.48 Å². The quantitative estimate of drug-likeness (QED) is 0.497. The van der Waals surface area contributed by atoms with E-state index in [0.717, 1.165) is 22.5 Å². The maximum absolute atomic E-state index is 12.7. The average Bonchev–Trinajstić information content (AvgIpc) is 3.07. The number of para-hydroxylation sites is 1. The first-order valence-corrected chi connectivity index (χ1v) is 10.0. The van der Waals surface area contributed by atoms with Crippen LogP contribution in [0.4, 0.5) is 8.78 Å². The lowest BCUT2D eigenvalue weighted by atomic mass is 10.1. The minimum atomic E-state index is -3.01. The molecule has 1 aromatic heterocycles. The lowest BCUT2D eigenvalue weighted by Gasteiger charge is -2.12. The summed E-state index contributed by atoms with van der Waals surface area (Å²) >= 11 is 0. The number of nitrogens with one attached hydrogen (secondary N) is 1. The molecular weight excluding hydrogens is 416 g/mol. The van der Waals surface area contributed by atoms with Crippen LogP contribution >= 0.6 is 0 Å². The molecule has 3 aromatic rings. The molecule has 0 unspecified atom stereocenters. The zero-order chi connectivity index (χ0) is 23.1. The number of methoxy groups -OCH3 is 1. The number of rotatable bonds is 9. The molecule has 0 saturated carbocycles. The summed E-state index contributed by atoms with van der Waals surface area (Å²) in [6, 6.07) is 14.6. The van der Waals surface area contributed by atoms with Crippen molar-refractivity contribution in [3.8, 4) is 11.5 Å². The molecule has 0 spiro atoms. The molecule has 1 amide bonds. The number of ether oxygens (including phenoxy) is 2. The summed E-state index contributed by atoms with van der Waals surface area (Å²) in [7, 11) is 1.36. The predicted molar refractivity (Wildman–Crippen MR) is 118 cm³/mol. The molecule has 0 aliphatic rings. The van der Waals surface area contributed by atoms with Gasteiger partial charge in [0.25, 0.3) is 0 Å². The van der Waals surface area contributed by atoms with E-state index in [2.05, 4.69) is 15.2 Å². The van der Waals surface area contributed by atoms with Crippen molar-refractivity contribution in [2.75, 3.05) is 7.11 Å². The van der Waals surface area contributed by atoms with Crippen molar-refractivity contribution in [2.45, 2.75) is 33.5 Å². The maximum atomic E-state index is 12.7. The first kappa shape index (κ1) is 23.0. The van der Waals surface area contributed by atoms with Crippen molar-refractivity contribution >= 4 is 12.0 Å². The standard InChI is InChI=1S/C24H25F2N3O3/c1-16-12-17(2)29(28-16)15-19-7-4-6-18(13-19)14-27-22(30)11-10-20-8-5-9-21(31-3)23(20)32-24(25)26/h4-13,24H,14-15H2,1-3H3,(H,27,30)/b11-10+. The molecule has 0 bridgehead atoms. The molecule has 32 heavy (non-hydrogen) atoms. The number of carbonyl (C=O) groups is 1. The Morgan fingerprint density at radius 1 is 1.16 bits per heavy atom. The van der Waals surface area contributed by atoms with Crippen molar-refractivity contribution in [3.63, 3.8) is 0 Å². The van der Waals surface area contributed by atoms with E-state index in [4.69, 9.17) is 4.74 Å². The van der Waals surface area contributed by atoms with Gasteiger partial charge < -0.3 is 14.8 Å². The van der Waals surface area contributed by atoms with E-state index in [-0.39, 0.29) is 17.4 Å². The first-order valence-electron chi connectivity index (χ1n) is 10.0. The number of nitrogens with zero attached hydrogens (tertiary/aromatic N) is 2. The van der Waals surface area contributed by atoms with Gasteiger partial charge in [-0.15, -0.1) is 0 Å². The van der Waals surface area contributed by atoms with Gasteiger partial charge in [-0.2, -0.15) is 13.9 Å². The Bertz CT molecular complexity index is 1110. The molecule has 6 nitrogen and oxygen atoms in total. The van der Waals surface area contributed by atoms with Crippen molar-refractivity contribution in [2.24, 2.45) is 0 Å². The van der Waals surface area contributed by atoms with Crippen molar-refractivity contribution < 1.29 is 23.0 Å². The largest absolute Gasteiger partial charge is 0.493 e. The van der Waals surface area contributed by atoms with Gasteiger partial charge in [-0.05, 0) is 43.2 Å². The molecule has 8 heteroatoms. The number of aryl methyl sites for hydroxylation is 2. The van der Waals surface area contributed by atoms with Crippen LogP contribution in [0.3, 0.4) is 0 Å². The predicted octanol–water partition coefficient (Wildman–Crippen LogP) is 4.49. The number of benzene rings is 2. The first-order chi connectivity index (χ1) is 15.4. The van der Waals surface area contributed by atoms with E-state index in [1.54, 1.807) is 12.1 Å². The fourth-order valence-electron chi connectivity index (χ4n) is 3.30. The number of hydrogen-bond donors (Lipinski definition) is 1. The number of alkyl halides is 2. The highest BCUT2D eigenvalue weighted by Crippen LogP contribution is 2.33. The molecule has 3 rings (SSSR count). The summed E-state index contributed by atoms with van der Waals surface area (Å²) in [5.74, 6) is -0.321. The molecule has 0 radical (unpaired) electrons. The Morgan fingerprint density at radius 3 is 2.59 bits per heavy atom. The molecule has 0 aliphatic heterocycles. The van der Waals surface area contributed by atoms with E-state index >= 15 is 0 Å². The molecular formula is C24H25F2N3O3. The Labute approximate surface area is 185 Å². The van der Waals surface area contributed by atoms with Crippen LogP contribution < -0.4 is 14.8 Å². The lowest BCUT2D eigenvalue weighted by Crippen LogP contribution is -2.20. The third-order valence-electron chi connectivity index (χ3n) is 4.74. The average molecular weight is 441 g/mol. The van der Waals surface area contributed by atoms with Crippen LogP contribution in [-0.4, -0.2) is 29.4 Å². The highest BCUT2D eigenvalue weighted by Gasteiger charge is 2.14. The van der Waals surface area contributed by atoms with Gasteiger partial charge in [0.2, 0.25) is 5.91 Å². The SMILES string of the molecule is COc1cccc(/C=C/C(=O)NCc2cccc(Cn3nc(C)cc3C)c2)c1OC(F)F. The number of amides is 1. The van der Waals surface area contributed by atoms with Gasteiger partial charge in [-0.25, -0.2) is 0 Å². The third-order valence-corrected chi connectivity index (χ3v) is 4.74. The molecule has 1 heterocycles. The van der Waals surface area contributed by atoms with Crippen LogP contribution in [0.5, 0.6) is 11.5 Å². The summed E-state index contributed by atoms with van der Waals surface area (Å²) in [5.41, 5.74) is 4.37. The maximum Gasteiger partial charge on any atom is 0.387 e. The number of hydrogen-bond acceptors (Lipinski definition) is 4. The van der Waals surface area contributed by atoms with Crippen LogP contribution in [0, 0.1) is 13.8 Å². The Morgan fingerprint density at radius 2 is 1.91 bits per heavy atom. The second-order valence-corrected chi connectivity index (χ2v) is 7.21. The second kappa shape index (κ2) is 10.6. The van der Waals surface area contributed by atoms with E-state index in [9.17, 15) is 13.6 Å². The smallest absolute Gasteiger partial charge is 0.387 e. The third kappa shape index (κ3) is 6.16. The lowest BCUT2D eigenvalue weighted by molar-refractivity contribution is -0.116.